The number of thiazole rings is 1. The van der Waals surface area contributed by atoms with Crippen LogP contribution >= 0.6 is 22.7 Å². The fourth-order valence-electron chi connectivity index (χ4n) is 3.40. The van der Waals surface area contributed by atoms with Crippen LogP contribution in [0, 0.1) is 0 Å². The number of benzene rings is 2. The van der Waals surface area contributed by atoms with Gasteiger partial charge in [-0.25, -0.2) is 4.98 Å². The highest BCUT2D eigenvalue weighted by Gasteiger charge is 2.34. The molecule has 0 saturated carbocycles. The number of anilines is 1. The van der Waals surface area contributed by atoms with E-state index in [1.54, 1.807) is 24.3 Å². The van der Waals surface area contributed by atoms with Gasteiger partial charge in [0.1, 0.15) is 0 Å². The number of hydrogen-bond donors (Lipinski definition) is 1. The minimum atomic E-state index is -0.274. The van der Waals surface area contributed by atoms with Crippen molar-refractivity contribution in [1.82, 2.24) is 9.88 Å². The minimum absolute atomic E-state index is 0.197. The van der Waals surface area contributed by atoms with Crippen LogP contribution in [-0.4, -0.2) is 34.2 Å². The van der Waals surface area contributed by atoms with E-state index >= 15 is 0 Å². The molecule has 0 spiro atoms. The van der Waals surface area contributed by atoms with Gasteiger partial charge in [-0.15, -0.1) is 22.7 Å². The Hall–Kier alpha value is -3.36. The van der Waals surface area contributed by atoms with E-state index in [4.69, 9.17) is 0 Å². The highest BCUT2D eigenvalue weighted by molar-refractivity contribution is 7.21. The van der Waals surface area contributed by atoms with Crippen molar-refractivity contribution in [3.8, 4) is 0 Å². The summed E-state index contributed by atoms with van der Waals surface area (Å²) in [6, 6.07) is 16.5. The first-order valence-corrected chi connectivity index (χ1v) is 11.0. The van der Waals surface area contributed by atoms with Crippen molar-refractivity contribution in [3.05, 3.63) is 81.7 Å². The molecule has 0 fully saturated rings. The number of rotatable bonds is 5. The van der Waals surface area contributed by atoms with Crippen molar-refractivity contribution in [2.75, 3.05) is 11.9 Å². The lowest BCUT2D eigenvalue weighted by molar-refractivity contribution is 0.0655. The molecule has 1 N–H and O–H groups in total. The second kappa shape index (κ2) is 7.47. The lowest BCUT2D eigenvalue weighted by Crippen LogP contribution is -2.31. The first-order chi connectivity index (χ1) is 14.6. The Morgan fingerprint density at radius 1 is 1.00 bits per heavy atom. The van der Waals surface area contributed by atoms with Gasteiger partial charge in [-0.3, -0.25) is 24.6 Å². The number of nitrogens with one attached hydrogen (secondary N) is 1. The molecule has 2 aromatic heterocycles. The van der Waals surface area contributed by atoms with Crippen LogP contribution in [0.3, 0.4) is 0 Å². The summed E-state index contributed by atoms with van der Waals surface area (Å²) in [6.45, 7) is 0.250. The van der Waals surface area contributed by atoms with E-state index in [-0.39, 0.29) is 24.3 Å². The third kappa shape index (κ3) is 3.30. The molecule has 0 saturated heterocycles. The van der Waals surface area contributed by atoms with Gasteiger partial charge >= 0.3 is 0 Å². The zero-order chi connectivity index (χ0) is 20.7. The zero-order valence-electron chi connectivity index (χ0n) is 15.6. The van der Waals surface area contributed by atoms with Gasteiger partial charge in [0.05, 0.1) is 21.7 Å². The standard InChI is InChI=1S/C22H15N3O3S2/c26-19(18-11-13-5-1-4-8-17(13)30-18)24-22-23-14(12-29-22)9-10-25-20(27)15-6-2-3-7-16(15)21(25)28/h1-8,11-12H,9-10H2,(H,23,24,26). The topological polar surface area (TPSA) is 79.4 Å². The maximum absolute atomic E-state index is 12.5. The Morgan fingerprint density at radius 2 is 1.70 bits per heavy atom. The molecule has 0 unspecified atom stereocenters. The third-order valence-corrected chi connectivity index (χ3v) is 6.81. The molecular weight excluding hydrogens is 418 g/mol. The van der Waals surface area contributed by atoms with Crippen molar-refractivity contribution in [1.29, 1.82) is 0 Å². The molecule has 0 atom stereocenters. The maximum atomic E-state index is 12.5. The zero-order valence-corrected chi connectivity index (χ0v) is 17.3. The van der Waals surface area contributed by atoms with E-state index < -0.39 is 0 Å². The molecule has 148 valence electrons. The second-order valence-corrected chi connectivity index (χ2v) is 8.75. The summed E-state index contributed by atoms with van der Waals surface area (Å²) < 4.78 is 1.06. The summed E-state index contributed by atoms with van der Waals surface area (Å²) in [7, 11) is 0. The van der Waals surface area contributed by atoms with Gasteiger partial charge < -0.3 is 0 Å². The van der Waals surface area contributed by atoms with Gasteiger partial charge in [-0.05, 0) is 29.7 Å². The van der Waals surface area contributed by atoms with E-state index in [2.05, 4.69) is 10.3 Å². The number of amides is 3. The predicted octanol–water partition coefficient (Wildman–Crippen LogP) is 4.45. The minimum Gasteiger partial charge on any atom is -0.297 e. The van der Waals surface area contributed by atoms with Crippen LogP contribution in [-0.2, 0) is 6.42 Å². The van der Waals surface area contributed by atoms with Crippen LogP contribution in [0.25, 0.3) is 10.1 Å². The lowest BCUT2D eigenvalue weighted by atomic mass is 10.1. The van der Waals surface area contributed by atoms with Crippen LogP contribution in [0.1, 0.15) is 36.1 Å². The van der Waals surface area contributed by atoms with Crippen LogP contribution in [0.2, 0.25) is 0 Å². The highest BCUT2D eigenvalue weighted by atomic mass is 32.1. The fraction of sp³-hybridized carbons (Fsp3) is 0.0909. The normalized spacial score (nSPS) is 13.1. The van der Waals surface area contributed by atoms with Crippen LogP contribution < -0.4 is 5.32 Å². The van der Waals surface area contributed by atoms with Crippen LogP contribution in [0.5, 0.6) is 0 Å². The van der Waals surface area contributed by atoms with Gasteiger partial charge in [0, 0.05) is 23.0 Å². The Balaban J connectivity index is 1.23. The highest BCUT2D eigenvalue weighted by Crippen LogP contribution is 2.27. The van der Waals surface area contributed by atoms with Crippen LogP contribution in [0.4, 0.5) is 5.13 Å². The van der Waals surface area contributed by atoms with Gasteiger partial charge in [-0.1, -0.05) is 30.3 Å². The Kier molecular flexibility index (Phi) is 4.65. The number of carbonyl (C=O) groups excluding carboxylic acids is 3. The van der Waals surface area contributed by atoms with E-state index in [0.29, 0.717) is 27.6 Å². The van der Waals surface area contributed by atoms with E-state index in [1.165, 1.54) is 27.6 Å². The smallest absolute Gasteiger partial charge is 0.267 e. The Labute approximate surface area is 179 Å². The molecule has 4 aromatic rings. The summed E-state index contributed by atoms with van der Waals surface area (Å²) in [5.74, 6) is -0.745. The van der Waals surface area contributed by atoms with Crippen molar-refractivity contribution in [2.45, 2.75) is 6.42 Å². The third-order valence-electron chi connectivity index (χ3n) is 4.89. The SMILES string of the molecule is O=C(Nc1nc(CCN2C(=O)c3ccccc3C2=O)cs1)c1cc2ccccc2s1. The molecule has 1 aliphatic rings. The molecule has 8 heteroatoms. The number of thiophene rings is 1. The van der Waals surface area contributed by atoms with Gasteiger partial charge in [0.2, 0.25) is 0 Å². The lowest BCUT2D eigenvalue weighted by Gasteiger charge is -2.12. The molecule has 0 bridgehead atoms. The number of imide groups is 1. The number of aromatic nitrogens is 1. The first-order valence-electron chi connectivity index (χ1n) is 9.30. The monoisotopic (exact) mass is 433 g/mol. The first kappa shape index (κ1) is 18.7. The molecule has 0 aliphatic carbocycles. The predicted molar refractivity (Wildman–Crippen MR) is 117 cm³/mol. The molecule has 6 nitrogen and oxygen atoms in total. The molecule has 5 rings (SSSR count). The Bertz CT molecular complexity index is 1240. The summed E-state index contributed by atoms with van der Waals surface area (Å²) in [5.41, 5.74) is 1.61. The number of hydrogen-bond acceptors (Lipinski definition) is 6. The number of nitrogens with zero attached hydrogens (tertiary/aromatic N) is 2. The van der Waals surface area contributed by atoms with Gasteiger partial charge in [0.15, 0.2) is 5.13 Å². The largest absolute Gasteiger partial charge is 0.297 e. The average Bonchev–Trinajstić information content (AvgIpc) is 3.45. The molecule has 30 heavy (non-hydrogen) atoms. The summed E-state index contributed by atoms with van der Waals surface area (Å²) in [5, 5.41) is 6.19. The maximum Gasteiger partial charge on any atom is 0.267 e. The van der Waals surface area contributed by atoms with Crippen molar-refractivity contribution in [2.24, 2.45) is 0 Å². The molecule has 1 aliphatic heterocycles. The second-order valence-electron chi connectivity index (χ2n) is 6.80. The number of fused-ring (bicyclic) bond motifs is 2. The van der Waals surface area contributed by atoms with Gasteiger partial charge in [0.25, 0.3) is 17.7 Å². The molecule has 0 radical (unpaired) electrons. The summed E-state index contributed by atoms with van der Waals surface area (Å²) >= 11 is 2.76. The Morgan fingerprint density at radius 3 is 2.43 bits per heavy atom. The summed E-state index contributed by atoms with van der Waals surface area (Å²) in [4.78, 5) is 43.7. The number of carbonyl (C=O) groups is 3. The van der Waals surface area contributed by atoms with E-state index in [9.17, 15) is 14.4 Å². The van der Waals surface area contributed by atoms with E-state index in [0.717, 1.165) is 15.8 Å². The van der Waals surface area contributed by atoms with E-state index in [1.807, 2.05) is 35.7 Å². The van der Waals surface area contributed by atoms with Gasteiger partial charge in [-0.2, -0.15) is 0 Å². The quantitative estimate of drug-likeness (QED) is 0.472. The average molecular weight is 434 g/mol. The molecule has 3 heterocycles. The fourth-order valence-corrected chi connectivity index (χ4v) is 5.10. The van der Waals surface area contributed by atoms with Crippen molar-refractivity contribution in [3.63, 3.8) is 0 Å². The molecule has 3 amide bonds. The van der Waals surface area contributed by atoms with Crippen molar-refractivity contribution >= 4 is 55.6 Å². The van der Waals surface area contributed by atoms with Crippen LogP contribution in [0.15, 0.2) is 60.0 Å². The molecular formula is C22H15N3O3S2. The van der Waals surface area contributed by atoms with Crippen molar-refractivity contribution < 1.29 is 14.4 Å². The molecule has 2 aromatic carbocycles. The summed E-state index contributed by atoms with van der Waals surface area (Å²) in [6.07, 6.45) is 0.431.